The van der Waals surface area contributed by atoms with Crippen molar-refractivity contribution in [3.8, 4) is 0 Å². The zero-order valence-corrected chi connectivity index (χ0v) is 37.5. The Morgan fingerprint density at radius 2 is 1.63 bits per heavy atom. The van der Waals surface area contributed by atoms with Crippen LogP contribution in [-0.2, 0) is 20.7 Å². The molecule has 59 heavy (non-hydrogen) atoms. The number of fused-ring (bicyclic) bond motifs is 4. The third-order valence-corrected chi connectivity index (χ3v) is 19.4. The Morgan fingerprint density at radius 1 is 0.932 bits per heavy atom. The van der Waals surface area contributed by atoms with Crippen LogP contribution in [0, 0.1) is 64.6 Å². The van der Waals surface area contributed by atoms with Crippen molar-refractivity contribution in [2.45, 2.75) is 170 Å². The van der Waals surface area contributed by atoms with Gasteiger partial charge in [0.25, 0.3) is 0 Å². The fourth-order valence-corrected chi connectivity index (χ4v) is 16.6. The molecule has 1 saturated heterocycles. The van der Waals surface area contributed by atoms with Crippen molar-refractivity contribution in [2.24, 2.45) is 55.7 Å². The summed E-state index contributed by atoms with van der Waals surface area (Å²) in [5.41, 5.74) is 8.61. The second-order valence-electron chi connectivity index (χ2n) is 23.2. The smallest absolute Gasteiger partial charge is 0.162 e. The highest BCUT2D eigenvalue weighted by molar-refractivity contribution is 6.02. The number of hydrogen-bond donors (Lipinski definition) is 3. The Labute approximate surface area is 353 Å². The summed E-state index contributed by atoms with van der Waals surface area (Å²) in [6, 6.07) is 6.86. The van der Waals surface area contributed by atoms with E-state index in [1.54, 1.807) is 0 Å². The predicted molar refractivity (Wildman–Crippen MR) is 231 cm³/mol. The standard InChI is InChI=1S/C52H70N2O5/c1-29-20-30(2)22-31(21-29)23-33-27-54-28-35-40-41(48(5,24-37(56)46-47(3,4)59-46)17-14-32-26-53-42(33)43(32)54)36(55)25-51(40,8)50(7)19-15-38-49(6,45(50)44(35)58)18-16-39(57)52(38,9)34-12-10-11-13-34/h20-22,26,34-35,37-38,44-46,56,58H,10-19,23-25,27-28H2,1-9H3/p+1/t35-,37-,38-,44-,45+,46+,48+,49+,50+,51+,52+/m1/s1. The molecule has 1 aromatic carbocycles. The van der Waals surface area contributed by atoms with Crippen LogP contribution in [0.1, 0.15) is 142 Å². The molecule has 7 nitrogen and oxygen atoms in total. The van der Waals surface area contributed by atoms with E-state index in [0.717, 1.165) is 69.2 Å². The van der Waals surface area contributed by atoms with Crippen LogP contribution in [0.5, 0.6) is 0 Å². The third kappa shape index (κ3) is 5.61. The fraction of sp³-hybridized carbons (Fsp3) is 0.712. The SMILES string of the molecule is Cc1cc(C)cc(CC2=C3N=CC4=C3[NH+](C2)C[C@@H]2C3=C(C(=O)C[C@]3(C)[C@@]3(C)CC[C@@H]5[C@](C)(CCC(=O)[C@@]5(C)C5CCCC5)[C@@H]3[C@@H]2O)[C@](C)(C[C@@H](O)[C@@H]2OC2(C)C)CC4)c1. The molecule has 0 spiro atoms. The number of nitrogens with zero attached hydrogens (tertiary/aromatic N) is 1. The second-order valence-corrected chi connectivity index (χ2v) is 23.2. The normalized spacial score (nSPS) is 44.2. The first kappa shape index (κ1) is 40.4. The summed E-state index contributed by atoms with van der Waals surface area (Å²) < 4.78 is 6.04. The Kier molecular flexibility index (Phi) is 9.00. The lowest BCUT2D eigenvalue weighted by atomic mass is 9.33. The molecule has 4 aliphatic heterocycles. The van der Waals surface area contributed by atoms with Crippen molar-refractivity contribution in [1.29, 1.82) is 0 Å². The summed E-state index contributed by atoms with van der Waals surface area (Å²) >= 11 is 0. The number of aliphatic hydroxyl groups is 2. The van der Waals surface area contributed by atoms with Crippen LogP contribution < -0.4 is 4.90 Å². The van der Waals surface area contributed by atoms with Gasteiger partial charge in [0.1, 0.15) is 24.1 Å². The topological polar surface area (TPSA) is 104 Å². The van der Waals surface area contributed by atoms with E-state index in [9.17, 15) is 15.0 Å². The van der Waals surface area contributed by atoms with Gasteiger partial charge in [0.15, 0.2) is 11.5 Å². The van der Waals surface area contributed by atoms with Crippen molar-refractivity contribution < 1.29 is 29.4 Å². The van der Waals surface area contributed by atoms with Crippen molar-refractivity contribution in [3.63, 3.8) is 0 Å². The molecule has 1 unspecified atom stereocenters. The van der Waals surface area contributed by atoms with Crippen LogP contribution in [0.3, 0.4) is 0 Å². The second kappa shape index (κ2) is 13.2. The minimum atomic E-state index is -0.702. The number of allylic oxidation sites excluding steroid dienone is 2. The van der Waals surface area contributed by atoms with Crippen LogP contribution in [0.2, 0.25) is 0 Å². The van der Waals surface area contributed by atoms with Gasteiger partial charge < -0.3 is 14.9 Å². The van der Waals surface area contributed by atoms with Crippen LogP contribution in [0.25, 0.3) is 0 Å². The molecule has 10 rings (SSSR count). The Hall–Kier alpha value is -2.71. The lowest BCUT2D eigenvalue weighted by molar-refractivity contribution is -0.852. The summed E-state index contributed by atoms with van der Waals surface area (Å²) in [6.45, 7) is 21.9. The molecule has 1 aromatic rings. The summed E-state index contributed by atoms with van der Waals surface area (Å²) in [7, 11) is 0. The number of quaternary nitrogens is 1. The lowest BCUT2D eigenvalue weighted by Crippen LogP contribution is -3.10. The number of benzene rings is 1. The molecule has 0 bridgehead atoms. The molecule has 5 aliphatic carbocycles. The van der Waals surface area contributed by atoms with E-state index >= 15 is 4.79 Å². The molecule has 318 valence electrons. The Bertz CT molecular complexity index is 2130. The van der Waals surface area contributed by atoms with Gasteiger partial charge in [-0.15, -0.1) is 0 Å². The quantitative estimate of drug-likeness (QED) is 0.254. The minimum Gasteiger partial charge on any atom is -0.392 e. The number of ether oxygens (including phenoxy) is 1. The monoisotopic (exact) mass is 804 g/mol. The maximum Gasteiger partial charge on any atom is 0.162 e. The molecule has 0 radical (unpaired) electrons. The zero-order chi connectivity index (χ0) is 41.8. The molecule has 7 heteroatoms. The van der Waals surface area contributed by atoms with E-state index in [4.69, 9.17) is 9.73 Å². The summed E-state index contributed by atoms with van der Waals surface area (Å²) in [5.74, 6) is 1.02. The molecule has 4 heterocycles. The van der Waals surface area contributed by atoms with Crippen molar-refractivity contribution in [2.75, 3.05) is 13.1 Å². The van der Waals surface area contributed by atoms with Gasteiger partial charge in [-0.1, -0.05) is 76.8 Å². The Balaban J connectivity index is 1.12. The number of aliphatic hydroxyl groups excluding tert-OH is 2. The average molecular weight is 804 g/mol. The number of hydrogen-bond acceptors (Lipinski definition) is 6. The maximum atomic E-state index is 15.3. The van der Waals surface area contributed by atoms with Gasteiger partial charge in [-0.2, -0.15) is 0 Å². The number of ketones is 2. The highest BCUT2D eigenvalue weighted by Gasteiger charge is 2.74. The fourth-order valence-electron chi connectivity index (χ4n) is 16.6. The third-order valence-electron chi connectivity index (χ3n) is 19.4. The van der Waals surface area contributed by atoms with E-state index < -0.39 is 23.0 Å². The van der Waals surface area contributed by atoms with Gasteiger partial charge >= 0.3 is 0 Å². The van der Waals surface area contributed by atoms with E-state index in [2.05, 4.69) is 72.9 Å². The number of epoxide rings is 1. The van der Waals surface area contributed by atoms with Crippen LogP contribution in [-0.4, -0.2) is 65.0 Å². The molecule has 4 saturated carbocycles. The molecule has 3 N–H and O–H groups in total. The number of carbonyl (C=O) groups is 2. The van der Waals surface area contributed by atoms with E-state index in [1.807, 2.05) is 13.8 Å². The largest absolute Gasteiger partial charge is 0.392 e. The van der Waals surface area contributed by atoms with E-state index in [0.29, 0.717) is 37.5 Å². The Morgan fingerprint density at radius 3 is 2.31 bits per heavy atom. The summed E-state index contributed by atoms with van der Waals surface area (Å²) in [5, 5.41) is 25.6. The van der Waals surface area contributed by atoms with Gasteiger partial charge in [-0.05, 0) is 124 Å². The molecule has 5 fully saturated rings. The van der Waals surface area contributed by atoms with Gasteiger partial charge in [0, 0.05) is 53.0 Å². The van der Waals surface area contributed by atoms with Crippen LogP contribution >= 0.6 is 0 Å². The highest BCUT2D eigenvalue weighted by Crippen LogP contribution is 2.76. The average Bonchev–Trinajstić information content (AvgIpc) is 3.70. The summed E-state index contributed by atoms with van der Waals surface area (Å²) in [6.07, 6.45) is 11.7. The highest BCUT2D eigenvalue weighted by atomic mass is 16.6. The molecule has 0 amide bonds. The number of rotatable bonds is 6. The number of Topliss-reactive ketones (excluding diaryl/α,β-unsaturated/α-hetero) is 2. The zero-order valence-electron chi connectivity index (χ0n) is 37.5. The van der Waals surface area contributed by atoms with Crippen LogP contribution in [0.15, 0.2) is 56.9 Å². The number of carbonyl (C=O) groups excluding carboxylic acids is 2. The predicted octanol–water partition coefficient (Wildman–Crippen LogP) is 7.93. The van der Waals surface area contributed by atoms with Gasteiger partial charge in [-0.3, -0.25) is 14.5 Å². The van der Waals surface area contributed by atoms with Gasteiger partial charge in [-0.25, -0.2) is 4.99 Å². The lowest BCUT2D eigenvalue weighted by Gasteiger charge is -2.70. The van der Waals surface area contributed by atoms with Gasteiger partial charge in [0.05, 0.1) is 30.3 Å². The van der Waals surface area contributed by atoms with Crippen molar-refractivity contribution >= 4 is 17.8 Å². The molecular formula is C52H71N2O5+. The number of aliphatic imine (C=N–C) groups is 1. The molecule has 0 aromatic heterocycles. The van der Waals surface area contributed by atoms with Crippen molar-refractivity contribution in [3.05, 3.63) is 68.6 Å². The molecular weight excluding hydrogens is 733 g/mol. The molecule has 9 aliphatic rings. The van der Waals surface area contributed by atoms with Crippen LogP contribution in [0.4, 0.5) is 0 Å². The summed E-state index contributed by atoms with van der Waals surface area (Å²) in [4.78, 5) is 36.2. The van der Waals surface area contributed by atoms with E-state index in [-0.39, 0.29) is 51.5 Å². The molecule has 12 atom stereocenters. The van der Waals surface area contributed by atoms with Crippen molar-refractivity contribution in [1.82, 2.24) is 0 Å². The first-order valence-corrected chi connectivity index (χ1v) is 23.5. The number of nitrogens with one attached hydrogen (secondary N) is 1. The minimum absolute atomic E-state index is 0.0496. The number of aryl methyl sites for hydroxylation is 2. The first-order valence-electron chi connectivity index (χ1n) is 23.5. The first-order chi connectivity index (χ1) is 27.7. The maximum absolute atomic E-state index is 15.3. The van der Waals surface area contributed by atoms with Gasteiger partial charge in [0.2, 0.25) is 0 Å². The van der Waals surface area contributed by atoms with E-state index in [1.165, 1.54) is 56.8 Å².